The molecule has 1 aliphatic rings. The molecule has 9 heteroatoms. The molecule has 154 valence electrons. The molecule has 2 aromatic rings. The highest BCUT2D eigenvalue weighted by Crippen LogP contribution is 2.23. The molecule has 1 atom stereocenters. The number of benzene rings is 1. The summed E-state index contributed by atoms with van der Waals surface area (Å²) in [6.45, 7) is 2.07. The van der Waals surface area contributed by atoms with Crippen molar-refractivity contribution in [2.45, 2.75) is 19.8 Å². The maximum Gasteiger partial charge on any atom is 0.338 e. The lowest BCUT2D eigenvalue weighted by atomic mass is 10.1. The van der Waals surface area contributed by atoms with E-state index < -0.39 is 9.84 Å². The van der Waals surface area contributed by atoms with Crippen LogP contribution in [0.4, 0.5) is 0 Å². The Labute approximate surface area is 168 Å². The third-order valence-corrected chi connectivity index (χ3v) is 6.33. The molecular weight excluding hydrogens is 396 g/mol. The van der Waals surface area contributed by atoms with E-state index in [1.54, 1.807) is 43.3 Å². The number of ether oxygens (including phenoxy) is 1. The number of nitrogens with zero attached hydrogens (tertiary/aromatic N) is 1. The summed E-state index contributed by atoms with van der Waals surface area (Å²) in [4.78, 5) is 23.6. The highest BCUT2D eigenvalue weighted by molar-refractivity contribution is 7.91. The largest absolute Gasteiger partial charge is 0.462 e. The van der Waals surface area contributed by atoms with Gasteiger partial charge >= 0.3 is 5.97 Å². The molecule has 0 bridgehead atoms. The maximum absolute atomic E-state index is 11.9. The minimum absolute atomic E-state index is 0.0562. The number of sulfone groups is 1. The van der Waals surface area contributed by atoms with Crippen LogP contribution in [0.1, 0.15) is 35.9 Å². The number of hydrogen-bond donors (Lipinski definition) is 1. The molecule has 1 aromatic heterocycles. The van der Waals surface area contributed by atoms with E-state index in [0.29, 0.717) is 30.1 Å². The predicted molar refractivity (Wildman–Crippen MR) is 107 cm³/mol. The number of esters is 1. The van der Waals surface area contributed by atoms with Crippen LogP contribution >= 0.6 is 0 Å². The molecule has 1 saturated heterocycles. The highest BCUT2D eigenvalue weighted by Gasteiger charge is 2.29. The number of rotatable bonds is 7. The number of amides is 1. The first-order chi connectivity index (χ1) is 13.9. The minimum atomic E-state index is -3.00. The SMILES string of the molecule is CCOC(=O)c1ccc(-c2ccc(/C=N\NC(=O)C[C@@H]3CCS(=O)(=O)C3)o2)cc1. The minimum Gasteiger partial charge on any atom is -0.462 e. The summed E-state index contributed by atoms with van der Waals surface area (Å²) in [5.74, 6) is 0.373. The van der Waals surface area contributed by atoms with E-state index in [1.165, 1.54) is 6.21 Å². The Morgan fingerprint density at radius 1 is 1.24 bits per heavy atom. The average molecular weight is 418 g/mol. The molecule has 1 N–H and O–H groups in total. The number of hydrogen-bond acceptors (Lipinski definition) is 7. The normalized spacial score (nSPS) is 18.0. The Kier molecular flexibility index (Phi) is 6.48. The van der Waals surface area contributed by atoms with E-state index in [4.69, 9.17) is 9.15 Å². The lowest BCUT2D eigenvalue weighted by molar-refractivity contribution is -0.121. The van der Waals surface area contributed by atoms with Gasteiger partial charge in [0.15, 0.2) is 9.84 Å². The van der Waals surface area contributed by atoms with Crippen LogP contribution in [0, 0.1) is 5.92 Å². The molecule has 0 radical (unpaired) electrons. The molecule has 1 amide bonds. The second-order valence-electron chi connectivity index (χ2n) is 6.77. The molecule has 0 spiro atoms. The summed E-state index contributed by atoms with van der Waals surface area (Å²) in [5, 5.41) is 3.86. The molecule has 2 heterocycles. The van der Waals surface area contributed by atoms with E-state index in [-0.39, 0.29) is 35.7 Å². The van der Waals surface area contributed by atoms with E-state index >= 15 is 0 Å². The Hall–Kier alpha value is -2.94. The van der Waals surface area contributed by atoms with Gasteiger partial charge in [-0.2, -0.15) is 5.10 Å². The number of carbonyl (C=O) groups is 2. The fourth-order valence-corrected chi connectivity index (χ4v) is 4.93. The first-order valence-corrected chi connectivity index (χ1v) is 11.1. The van der Waals surface area contributed by atoms with Gasteiger partial charge in [0.05, 0.1) is 29.9 Å². The Morgan fingerprint density at radius 2 is 2.00 bits per heavy atom. The first-order valence-electron chi connectivity index (χ1n) is 9.26. The zero-order chi connectivity index (χ0) is 20.9. The Bertz CT molecular complexity index is 1010. The van der Waals surface area contributed by atoms with Crippen LogP contribution in [0.25, 0.3) is 11.3 Å². The standard InChI is InChI=1S/C20H22N2O6S/c1-2-27-20(24)16-5-3-15(4-6-16)18-8-7-17(28-18)12-21-22-19(23)11-14-9-10-29(25,26)13-14/h3-8,12,14H,2,9-11,13H2,1H3,(H,22,23)/b21-12-/t14-/m0/s1. The number of nitrogens with one attached hydrogen (secondary N) is 1. The van der Waals surface area contributed by atoms with Crippen LogP contribution in [0.2, 0.25) is 0 Å². The average Bonchev–Trinajstić information content (AvgIpc) is 3.28. The number of carbonyl (C=O) groups excluding carboxylic acids is 2. The summed E-state index contributed by atoms with van der Waals surface area (Å²) in [6, 6.07) is 10.3. The van der Waals surface area contributed by atoms with Crippen LogP contribution in [0.15, 0.2) is 45.9 Å². The summed E-state index contributed by atoms with van der Waals surface area (Å²) in [6.07, 6.45) is 2.02. The quantitative estimate of drug-likeness (QED) is 0.419. The fraction of sp³-hybridized carbons (Fsp3) is 0.350. The van der Waals surface area contributed by atoms with Crippen LogP contribution in [0.5, 0.6) is 0 Å². The molecule has 0 aliphatic carbocycles. The summed E-state index contributed by atoms with van der Waals surface area (Å²) >= 11 is 0. The van der Waals surface area contributed by atoms with Crippen molar-refractivity contribution in [1.82, 2.24) is 5.43 Å². The third-order valence-electron chi connectivity index (χ3n) is 4.49. The monoisotopic (exact) mass is 418 g/mol. The van der Waals surface area contributed by atoms with E-state index in [2.05, 4.69) is 10.5 Å². The second-order valence-corrected chi connectivity index (χ2v) is 8.99. The van der Waals surface area contributed by atoms with Crippen LogP contribution in [-0.4, -0.2) is 44.6 Å². The van der Waals surface area contributed by atoms with Crippen molar-refractivity contribution in [3.8, 4) is 11.3 Å². The number of hydrazone groups is 1. The summed E-state index contributed by atoms with van der Waals surface area (Å²) in [7, 11) is -3.00. The molecule has 1 aliphatic heterocycles. The zero-order valence-corrected chi connectivity index (χ0v) is 16.8. The van der Waals surface area contributed by atoms with Gasteiger partial charge < -0.3 is 9.15 Å². The van der Waals surface area contributed by atoms with Gasteiger partial charge in [0.2, 0.25) is 5.91 Å². The van der Waals surface area contributed by atoms with Gasteiger partial charge in [0.1, 0.15) is 11.5 Å². The van der Waals surface area contributed by atoms with Crippen molar-refractivity contribution in [3.63, 3.8) is 0 Å². The topological polar surface area (TPSA) is 115 Å². The Morgan fingerprint density at radius 3 is 2.66 bits per heavy atom. The van der Waals surface area contributed by atoms with E-state index in [1.807, 2.05) is 0 Å². The van der Waals surface area contributed by atoms with Crippen molar-refractivity contribution in [1.29, 1.82) is 0 Å². The van der Waals surface area contributed by atoms with Gasteiger partial charge in [-0.25, -0.2) is 18.6 Å². The molecular formula is C20H22N2O6S. The predicted octanol–water partition coefficient (Wildman–Crippen LogP) is 2.40. The van der Waals surface area contributed by atoms with Crippen molar-refractivity contribution in [2.75, 3.05) is 18.1 Å². The van der Waals surface area contributed by atoms with Crippen molar-refractivity contribution in [2.24, 2.45) is 11.0 Å². The van der Waals surface area contributed by atoms with Gasteiger partial charge in [0.25, 0.3) is 0 Å². The first kappa shape index (κ1) is 20.8. The van der Waals surface area contributed by atoms with Crippen molar-refractivity contribution < 1.29 is 27.2 Å². The highest BCUT2D eigenvalue weighted by atomic mass is 32.2. The maximum atomic E-state index is 11.9. The van der Waals surface area contributed by atoms with Gasteiger partial charge in [-0.1, -0.05) is 12.1 Å². The second kappa shape index (κ2) is 9.04. The summed E-state index contributed by atoms with van der Waals surface area (Å²) < 4.78 is 33.5. The summed E-state index contributed by atoms with van der Waals surface area (Å²) in [5.41, 5.74) is 3.63. The van der Waals surface area contributed by atoms with Gasteiger partial charge in [-0.3, -0.25) is 4.79 Å². The molecule has 1 fully saturated rings. The molecule has 0 unspecified atom stereocenters. The van der Waals surface area contributed by atoms with Crippen molar-refractivity contribution >= 4 is 27.9 Å². The third kappa shape index (κ3) is 5.77. The zero-order valence-electron chi connectivity index (χ0n) is 16.0. The van der Waals surface area contributed by atoms with E-state index in [0.717, 1.165) is 5.56 Å². The molecule has 1 aromatic carbocycles. The van der Waals surface area contributed by atoms with Gasteiger partial charge in [-0.15, -0.1) is 0 Å². The molecule has 0 saturated carbocycles. The van der Waals surface area contributed by atoms with Crippen LogP contribution in [0.3, 0.4) is 0 Å². The lowest BCUT2D eigenvalue weighted by Gasteiger charge is -2.04. The van der Waals surface area contributed by atoms with Gasteiger partial charge in [-0.05, 0) is 43.5 Å². The molecule has 29 heavy (non-hydrogen) atoms. The number of furan rings is 1. The van der Waals surface area contributed by atoms with Crippen LogP contribution in [-0.2, 0) is 19.4 Å². The fourth-order valence-electron chi connectivity index (χ4n) is 3.07. The Balaban J connectivity index is 1.53. The molecule has 3 rings (SSSR count). The molecule has 8 nitrogen and oxygen atoms in total. The lowest BCUT2D eigenvalue weighted by Crippen LogP contribution is -2.21. The van der Waals surface area contributed by atoms with E-state index in [9.17, 15) is 18.0 Å². The van der Waals surface area contributed by atoms with Gasteiger partial charge in [0, 0.05) is 12.0 Å². The smallest absolute Gasteiger partial charge is 0.338 e. The van der Waals surface area contributed by atoms with Crippen molar-refractivity contribution in [3.05, 3.63) is 47.7 Å². The van der Waals surface area contributed by atoms with Crippen LogP contribution < -0.4 is 5.43 Å².